The molecule has 1 atom stereocenters. The van der Waals surface area contributed by atoms with E-state index in [1.165, 1.54) is 20.7 Å². The first kappa shape index (κ1) is 27.6. The van der Waals surface area contributed by atoms with E-state index in [9.17, 15) is 21.6 Å². The molecule has 0 aromatic heterocycles. The molecule has 202 valence electrons. The Morgan fingerprint density at radius 3 is 2.05 bits per heavy atom. The summed E-state index contributed by atoms with van der Waals surface area (Å²) >= 11 is 0. The van der Waals surface area contributed by atoms with Gasteiger partial charge in [0.2, 0.25) is 26.0 Å². The molecular formula is C26H35N3O6S2. The zero-order chi connectivity index (χ0) is 26.5. The zero-order valence-electron chi connectivity index (χ0n) is 21.1. The first-order valence-corrected chi connectivity index (χ1v) is 15.7. The standard InChI is InChI=1S/C26H35N3O6S2/c1-2-35-23-9-13-25(14-10-23)37(33,34)29-19-5-6-22(20-29)26(30)27-16-15-21-7-11-24(12-8-21)36(31,32)28-17-3-4-18-28/h7-14,22H,2-6,15-20H2,1H3,(H,27,30)/t22-/m1/s1. The SMILES string of the molecule is CCOc1ccc(S(=O)(=O)N2CCC[C@@H](C(=O)NCCc3ccc(S(=O)(=O)N4CCCC4)cc3)C2)cc1. The molecule has 0 bridgehead atoms. The van der Waals surface area contributed by atoms with Crippen molar-refractivity contribution in [1.29, 1.82) is 0 Å². The molecule has 9 nitrogen and oxygen atoms in total. The molecule has 2 aromatic carbocycles. The summed E-state index contributed by atoms with van der Waals surface area (Å²) in [7, 11) is -7.14. The van der Waals surface area contributed by atoms with Crippen LogP contribution in [0.3, 0.4) is 0 Å². The summed E-state index contributed by atoms with van der Waals surface area (Å²) in [6.07, 6.45) is 3.58. The Kier molecular flexibility index (Phi) is 8.89. The van der Waals surface area contributed by atoms with Crippen molar-refractivity contribution in [2.45, 2.75) is 48.8 Å². The van der Waals surface area contributed by atoms with Gasteiger partial charge >= 0.3 is 0 Å². The maximum atomic E-state index is 13.1. The summed E-state index contributed by atoms with van der Waals surface area (Å²) in [5.41, 5.74) is 0.920. The number of piperidine rings is 1. The highest BCUT2D eigenvalue weighted by molar-refractivity contribution is 7.89. The van der Waals surface area contributed by atoms with E-state index in [2.05, 4.69) is 5.32 Å². The van der Waals surface area contributed by atoms with Crippen LogP contribution in [-0.4, -0.2) is 70.7 Å². The number of carbonyl (C=O) groups excluding carboxylic acids is 1. The fourth-order valence-corrected chi connectivity index (χ4v) is 7.82. The molecule has 2 heterocycles. The van der Waals surface area contributed by atoms with E-state index < -0.39 is 26.0 Å². The maximum Gasteiger partial charge on any atom is 0.243 e. The predicted molar refractivity (Wildman–Crippen MR) is 140 cm³/mol. The molecule has 0 unspecified atom stereocenters. The van der Waals surface area contributed by atoms with Gasteiger partial charge in [0.05, 0.1) is 22.3 Å². The Bertz CT molecular complexity index is 1270. The van der Waals surface area contributed by atoms with Gasteiger partial charge in [0.15, 0.2) is 0 Å². The molecule has 37 heavy (non-hydrogen) atoms. The van der Waals surface area contributed by atoms with Crippen LogP contribution in [0.15, 0.2) is 58.3 Å². The largest absolute Gasteiger partial charge is 0.494 e. The van der Waals surface area contributed by atoms with Gasteiger partial charge in [0.25, 0.3) is 0 Å². The van der Waals surface area contributed by atoms with Crippen LogP contribution in [0.2, 0.25) is 0 Å². The number of nitrogens with zero attached hydrogens (tertiary/aromatic N) is 2. The van der Waals surface area contributed by atoms with Gasteiger partial charge in [0.1, 0.15) is 5.75 Å². The summed E-state index contributed by atoms with van der Waals surface area (Å²) in [6, 6.07) is 13.1. The number of hydrogen-bond donors (Lipinski definition) is 1. The molecule has 2 saturated heterocycles. The second kappa shape index (κ2) is 11.9. The maximum absolute atomic E-state index is 13.1. The van der Waals surface area contributed by atoms with E-state index in [1.54, 1.807) is 36.4 Å². The summed E-state index contributed by atoms with van der Waals surface area (Å²) in [5, 5.41) is 2.92. The second-order valence-electron chi connectivity index (χ2n) is 9.40. The minimum Gasteiger partial charge on any atom is -0.494 e. The number of sulfonamides is 2. The van der Waals surface area contributed by atoms with Crippen LogP contribution in [0.25, 0.3) is 0 Å². The van der Waals surface area contributed by atoms with Crippen molar-refractivity contribution in [1.82, 2.24) is 13.9 Å². The Balaban J connectivity index is 1.29. The minimum atomic E-state index is -3.70. The lowest BCUT2D eigenvalue weighted by atomic mass is 9.99. The van der Waals surface area contributed by atoms with E-state index >= 15 is 0 Å². The van der Waals surface area contributed by atoms with Crippen LogP contribution < -0.4 is 10.1 Å². The highest BCUT2D eigenvalue weighted by Crippen LogP contribution is 2.25. The molecule has 0 radical (unpaired) electrons. The molecule has 2 aliphatic heterocycles. The lowest BCUT2D eigenvalue weighted by molar-refractivity contribution is -0.126. The van der Waals surface area contributed by atoms with Crippen LogP contribution in [0.4, 0.5) is 0 Å². The van der Waals surface area contributed by atoms with Crippen molar-refractivity contribution in [3.05, 3.63) is 54.1 Å². The predicted octanol–water partition coefficient (Wildman–Crippen LogP) is 2.63. The van der Waals surface area contributed by atoms with Crippen LogP contribution >= 0.6 is 0 Å². The van der Waals surface area contributed by atoms with Crippen molar-refractivity contribution in [3.63, 3.8) is 0 Å². The van der Waals surface area contributed by atoms with Gasteiger partial charge in [0, 0.05) is 32.7 Å². The molecule has 11 heteroatoms. The number of amides is 1. The Morgan fingerprint density at radius 1 is 0.865 bits per heavy atom. The first-order chi connectivity index (χ1) is 17.7. The fraction of sp³-hybridized carbons (Fsp3) is 0.500. The van der Waals surface area contributed by atoms with Gasteiger partial charge in [-0.2, -0.15) is 8.61 Å². The third-order valence-electron chi connectivity index (χ3n) is 6.87. The second-order valence-corrected chi connectivity index (χ2v) is 13.3. The van der Waals surface area contributed by atoms with Crippen molar-refractivity contribution in [2.24, 2.45) is 5.92 Å². The molecule has 0 aliphatic carbocycles. The highest BCUT2D eigenvalue weighted by Gasteiger charge is 2.33. The number of rotatable bonds is 10. The van der Waals surface area contributed by atoms with Crippen LogP contribution in [-0.2, 0) is 31.3 Å². The molecule has 2 aromatic rings. The number of ether oxygens (including phenoxy) is 1. The first-order valence-electron chi connectivity index (χ1n) is 12.8. The highest BCUT2D eigenvalue weighted by atomic mass is 32.2. The molecule has 2 fully saturated rings. The van der Waals surface area contributed by atoms with Gasteiger partial charge in [-0.3, -0.25) is 4.79 Å². The lowest BCUT2D eigenvalue weighted by Gasteiger charge is -2.31. The van der Waals surface area contributed by atoms with Gasteiger partial charge in [-0.1, -0.05) is 12.1 Å². The van der Waals surface area contributed by atoms with Gasteiger partial charge in [-0.25, -0.2) is 16.8 Å². The van der Waals surface area contributed by atoms with E-state index in [-0.39, 0.29) is 17.3 Å². The Hall–Kier alpha value is -2.47. The van der Waals surface area contributed by atoms with Crippen molar-refractivity contribution in [3.8, 4) is 5.75 Å². The number of carbonyl (C=O) groups is 1. The molecule has 2 aliphatic rings. The van der Waals surface area contributed by atoms with Crippen molar-refractivity contribution >= 4 is 26.0 Å². The zero-order valence-corrected chi connectivity index (χ0v) is 22.8. The van der Waals surface area contributed by atoms with Crippen molar-refractivity contribution < 1.29 is 26.4 Å². The van der Waals surface area contributed by atoms with Crippen molar-refractivity contribution in [2.75, 3.05) is 39.3 Å². The van der Waals surface area contributed by atoms with Gasteiger partial charge in [-0.05, 0) is 81.0 Å². The number of hydrogen-bond acceptors (Lipinski definition) is 6. The fourth-order valence-electron chi connectivity index (χ4n) is 4.78. The van der Waals surface area contributed by atoms with E-state index in [0.29, 0.717) is 62.7 Å². The van der Waals surface area contributed by atoms with Gasteiger partial charge in [-0.15, -0.1) is 0 Å². The quantitative estimate of drug-likeness (QED) is 0.488. The topological polar surface area (TPSA) is 113 Å². The third-order valence-corrected chi connectivity index (χ3v) is 10.7. The van der Waals surface area contributed by atoms with Crippen LogP contribution in [0.5, 0.6) is 5.75 Å². The number of benzene rings is 2. The van der Waals surface area contributed by atoms with E-state index in [1.807, 2.05) is 6.92 Å². The molecule has 1 amide bonds. The van der Waals surface area contributed by atoms with Crippen LogP contribution in [0, 0.1) is 5.92 Å². The molecular weight excluding hydrogens is 514 g/mol. The minimum absolute atomic E-state index is 0.143. The molecule has 0 saturated carbocycles. The average molecular weight is 550 g/mol. The Morgan fingerprint density at radius 2 is 1.43 bits per heavy atom. The normalized spacial score (nSPS) is 19.5. The summed E-state index contributed by atoms with van der Waals surface area (Å²) in [5.74, 6) is 0.0271. The third kappa shape index (κ3) is 6.51. The van der Waals surface area contributed by atoms with Crippen LogP contribution in [0.1, 0.15) is 38.2 Å². The monoisotopic (exact) mass is 549 g/mol. The molecule has 1 N–H and O–H groups in total. The average Bonchev–Trinajstić information content (AvgIpc) is 3.46. The van der Waals surface area contributed by atoms with Gasteiger partial charge < -0.3 is 10.1 Å². The number of nitrogens with one attached hydrogen (secondary N) is 1. The smallest absolute Gasteiger partial charge is 0.243 e. The van der Waals surface area contributed by atoms with E-state index in [4.69, 9.17) is 4.74 Å². The Labute approximate surface area is 219 Å². The van der Waals surface area contributed by atoms with E-state index in [0.717, 1.165) is 18.4 Å². The molecule has 4 rings (SSSR count). The summed E-state index contributed by atoms with van der Waals surface area (Å²) in [6.45, 7) is 4.41. The summed E-state index contributed by atoms with van der Waals surface area (Å²) < 4.78 is 59.9. The summed E-state index contributed by atoms with van der Waals surface area (Å²) in [4.78, 5) is 13.3. The lowest BCUT2D eigenvalue weighted by Crippen LogP contribution is -2.45. The molecule has 0 spiro atoms.